The van der Waals surface area contributed by atoms with Gasteiger partial charge in [0.25, 0.3) is 0 Å². The van der Waals surface area contributed by atoms with Crippen molar-refractivity contribution in [3.8, 4) is 0 Å². The maximum absolute atomic E-state index is 5.47. The molecule has 1 aromatic rings. The van der Waals surface area contributed by atoms with E-state index in [2.05, 4.69) is 65.2 Å². The summed E-state index contributed by atoms with van der Waals surface area (Å²) >= 11 is 0. The summed E-state index contributed by atoms with van der Waals surface area (Å²) in [6.07, 6.45) is 0. The van der Waals surface area contributed by atoms with Gasteiger partial charge in [0.2, 0.25) is 0 Å². The van der Waals surface area contributed by atoms with E-state index in [0.29, 0.717) is 12.0 Å². The molecule has 0 spiro atoms. The number of benzene rings is 1. The van der Waals surface area contributed by atoms with E-state index >= 15 is 0 Å². The number of hydrogen-bond donors (Lipinski definition) is 3. The highest BCUT2D eigenvalue weighted by Gasteiger charge is 2.30. The van der Waals surface area contributed by atoms with Crippen molar-refractivity contribution in [3.05, 3.63) is 35.9 Å². The largest absolute Gasteiger partial charge is 0.379 e. The molecule has 0 aliphatic carbocycles. The van der Waals surface area contributed by atoms with Crippen LogP contribution in [-0.4, -0.2) is 56.4 Å². The summed E-state index contributed by atoms with van der Waals surface area (Å²) in [4.78, 5) is 2.53. The number of rotatable bonds is 6. The second kappa shape index (κ2) is 9.13. The Morgan fingerprint density at radius 1 is 1.21 bits per heavy atom. The van der Waals surface area contributed by atoms with Gasteiger partial charge in [-0.05, 0) is 19.4 Å². The Morgan fingerprint density at radius 2 is 1.92 bits per heavy atom. The lowest BCUT2D eigenvalue weighted by Crippen LogP contribution is -2.55. The van der Waals surface area contributed by atoms with Gasteiger partial charge in [-0.15, -0.1) is 12.4 Å². The normalized spacial score (nSPS) is 25.4. The highest BCUT2D eigenvalue weighted by atomic mass is 35.5. The van der Waals surface area contributed by atoms with Gasteiger partial charge in [0, 0.05) is 44.2 Å². The molecule has 3 rings (SSSR count). The predicted molar refractivity (Wildman–Crippen MR) is 100 cm³/mol. The lowest BCUT2D eigenvalue weighted by molar-refractivity contribution is -0.00977. The third-order valence-electron chi connectivity index (χ3n) is 5.08. The van der Waals surface area contributed by atoms with Gasteiger partial charge in [-0.3, -0.25) is 10.3 Å². The van der Waals surface area contributed by atoms with Crippen molar-refractivity contribution >= 4 is 12.4 Å². The summed E-state index contributed by atoms with van der Waals surface area (Å²) in [6, 6.07) is 11.1. The summed E-state index contributed by atoms with van der Waals surface area (Å²) in [5, 5.41) is 3.70. The number of nitrogens with zero attached hydrogens (tertiary/aromatic N) is 1. The van der Waals surface area contributed by atoms with Crippen LogP contribution in [0.25, 0.3) is 0 Å². The lowest BCUT2D eigenvalue weighted by Gasteiger charge is -2.41. The fourth-order valence-corrected chi connectivity index (χ4v) is 3.59. The third kappa shape index (κ3) is 4.91. The molecule has 2 atom stereocenters. The molecule has 0 bridgehead atoms. The van der Waals surface area contributed by atoms with Crippen LogP contribution in [-0.2, 0) is 4.74 Å². The molecule has 5 nitrogen and oxygen atoms in total. The summed E-state index contributed by atoms with van der Waals surface area (Å²) in [6.45, 7) is 11.5. The van der Waals surface area contributed by atoms with E-state index in [4.69, 9.17) is 4.74 Å². The maximum atomic E-state index is 5.47. The highest BCUT2D eigenvalue weighted by Crippen LogP contribution is 2.24. The molecule has 2 heterocycles. The number of hydrazine groups is 1. The Kier molecular flexibility index (Phi) is 7.47. The minimum atomic E-state index is 0. The first kappa shape index (κ1) is 19.6. The van der Waals surface area contributed by atoms with Gasteiger partial charge in [0.05, 0.1) is 19.3 Å². The monoisotopic (exact) mass is 354 g/mol. The highest BCUT2D eigenvalue weighted by molar-refractivity contribution is 5.85. The van der Waals surface area contributed by atoms with Crippen LogP contribution >= 0.6 is 12.4 Å². The Hall–Kier alpha value is -0.690. The van der Waals surface area contributed by atoms with E-state index in [1.165, 1.54) is 5.56 Å². The molecule has 2 aliphatic rings. The zero-order valence-corrected chi connectivity index (χ0v) is 15.6. The summed E-state index contributed by atoms with van der Waals surface area (Å²) in [5.41, 5.74) is 8.26. The van der Waals surface area contributed by atoms with Crippen molar-refractivity contribution in [1.82, 2.24) is 21.1 Å². The van der Waals surface area contributed by atoms with Gasteiger partial charge in [0.15, 0.2) is 0 Å². The molecule has 136 valence electrons. The van der Waals surface area contributed by atoms with Gasteiger partial charge < -0.3 is 10.1 Å². The van der Waals surface area contributed by atoms with Crippen LogP contribution in [0, 0.1) is 5.92 Å². The smallest absolute Gasteiger partial charge is 0.0594 e. The molecule has 0 saturated carbocycles. The van der Waals surface area contributed by atoms with E-state index in [0.717, 1.165) is 45.9 Å². The maximum Gasteiger partial charge on any atom is 0.0594 e. The van der Waals surface area contributed by atoms with Crippen molar-refractivity contribution in [3.63, 3.8) is 0 Å². The quantitative estimate of drug-likeness (QED) is 0.724. The van der Waals surface area contributed by atoms with E-state index in [1.807, 2.05) is 0 Å². The molecule has 0 aromatic heterocycles. The molecule has 2 fully saturated rings. The average molecular weight is 355 g/mol. The minimum Gasteiger partial charge on any atom is -0.379 e. The van der Waals surface area contributed by atoms with Crippen LogP contribution in [0.5, 0.6) is 0 Å². The van der Waals surface area contributed by atoms with Gasteiger partial charge in [-0.25, -0.2) is 5.43 Å². The predicted octanol–water partition coefficient (Wildman–Crippen LogP) is 1.57. The van der Waals surface area contributed by atoms with Crippen LogP contribution in [0.1, 0.15) is 25.5 Å². The number of halogens is 1. The number of ether oxygens (including phenoxy) is 1. The fourth-order valence-electron chi connectivity index (χ4n) is 3.59. The van der Waals surface area contributed by atoms with Crippen LogP contribution < -0.4 is 16.2 Å². The van der Waals surface area contributed by atoms with Gasteiger partial charge in [-0.2, -0.15) is 0 Å². The van der Waals surface area contributed by atoms with Crippen molar-refractivity contribution in [2.75, 3.05) is 45.9 Å². The van der Waals surface area contributed by atoms with Crippen LogP contribution in [0.15, 0.2) is 30.3 Å². The molecular formula is C18H31ClN4O. The van der Waals surface area contributed by atoms with Crippen LogP contribution in [0.2, 0.25) is 0 Å². The van der Waals surface area contributed by atoms with E-state index in [1.54, 1.807) is 0 Å². The number of morpholine rings is 1. The SMILES string of the molecule is CC(C)(CNCC1CNNC1c1ccccc1)N1CCOCC1.Cl. The molecule has 3 N–H and O–H groups in total. The van der Waals surface area contributed by atoms with Crippen molar-refractivity contribution in [2.45, 2.75) is 25.4 Å². The standard InChI is InChI=1S/C18H30N4O.ClH/c1-18(2,22-8-10-23-11-9-22)14-19-12-16-13-20-21-17(16)15-6-4-3-5-7-15;/h3-7,16-17,19-21H,8-14H2,1-2H3;1H. The summed E-state index contributed by atoms with van der Waals surface area (Å²) < 4.78 is 5.47. The minimum absolute atomic E-state index is 0. The molecule has 0 radical (unpaired) electrons. The van der Waals surface area contributed by atoms with E-state index in [-0.39, 0.29) is 17.9 Å². The second-order valence-corrected chi connectivity index (χ2v) is 7.22. The second-order valence-electron chi connectivity index (χ2n) is 7.22. The van der Waals surface area contributed by atoms with Gasteiger partial charge in [-0.1, -0.05) is 30.3 Å². The Bertz CT molecular complexity index is 479. The first-order chi connectivity index (χ1) is 11.2. The Labute approximate surface area is 151 Å². The van der Waals surface area contributed by atoms with Crippen molar-refractivity contribution < 1.29 is 4.74 Å². The lowest BCUT2D eigenvalue weighted by atomic mass is 9.94. The zero-order chi connectivity index (χ0) is 16.1. The first-order valence-electron chi connectivity index (χ1n) is 8.74. The molecular weight excluding hydrogens is 324 g/mol. The van der Waals surface area contributed by atoms with Crippen LogP contribution in [0.3, 0.4) is 0 Å². The molecule has 2 saturated heterocycles. The first-order valence-corrected chi connectivity index (χ1v) is 8.74. The molecule has 1 aromatic carbocycles. The number of nitrogens with one attached hydrogen (secondary N) is 3. The molecule has 0 amide bonds. The zero-order valence-electron chi connectivity index (χ0n) is 14.8. The average Bonchev–Trinajstić information content (AvgIpc) is 3.05. The van der Waals surface area contributed by atoms with E-state index in [9.17, 15) is 0 Å². The van der Waals surface area contributed by atoms with Crippen molar-refractivity contribution in [1.29, 1.82) is 0 Å². The number of hydrogen-bond acceptors (Lipinski definition) is 5. The van der Waals surface area contributed by atoms with Crippen LogP contribution in [0.4, 0.5) is 0 Å². The fraction of sp³-hybridized carbons (Fsp3) is 0.667. The Morgan fingerprint density at radius 3 is 2.62 bits per heavy atom. The summed E-state index contributed by atoms with van der Waals surface area (Å²) in [5.74, 6) is 0.567. The molecule has 6 heteroatoms. The van der Waals surface area contributed by atoms with Gasteiger partial charge >= 0.3 is 0 Å². The summed E-state index contributed by atoms with van der Waals surface area (Å²) in [7, 11) is 0. The molecule has 2 unspecified atom stereocenters. The molecule has 24 heavy (non-hydrogen) atoms. The Balaban J connectivity index is 0.00000208. The third-order valence-corrected chi connectivity index (χ3v) is 5.08. The topological polar surface area (TPSA) is 48.6 Å². The van der Waals surface area contributed by atoms with Gasteiger partial charge in [0.1, 0.15) is 0 Å². The van der Waals surface area contributed by atoms with E-state index < -0.39 is 0 Å². The molecule has 2 aliphatic heterocycles. The van der Waals surface area contributed by atoms with Crippen molar-refractivity contribution in [2.24, 2.45) is 5.92 Å².